The molecule has 0 saturated carbocycles. The van der Waals surface area contributed by atoms with Gasteiger partial charge in [0.25, 0.3) is 0 Å². The largest absolute Gasteiger partial charge is 0.359 e. The molecule has 20 heavy (non-hydrogen) atoms. The fourth-order valence-electron chi connectivity index (χ4n) is 1.97. The standard InChI is InChI=1S/C14H26N4O.HI/c1-5-11(6-2)13-9-12(19-18-13)10-17-14(15-7-3)16-8-4;/h9,11H,5-8,10H2,1-4H3,(H2,15,16,17);1H. The molecule has 0 aliphatic rings. The van der Waals surface area contributed by atoms with Crippen LogP contribution < -0.4 is 10.6 Å². The Morgan fingerprint density at radius 2 is 1.80 bits per heavy atom. The van der Waals surface area contributed by atoms with Gasteiger partial charge in [-0.2, -0.15) is 0 Å². The van der Waals surface area contributed by atoms with Gasteiger partial charge in [0.15, 0.2) is 11.7 Å². The zero-order valence-electron chi connectivity index (χ0n) is 12.9. The summed E-state index contributed by atoms with van der Waals surface area (Å²) in [6, 6.07) is 2.02. The molecule has 0 atom stereocenters. The van der Waals surface area contributed by atoms with Crippen LogP contribution in [-0.4, -0.2) is 24.2 Å². The average Bonchev–Trinajstić information content (AvgIpc) is 2.87. The van der Waals surface area contributed by atoms with Crippen LogP contribution >= 0.6 is 24.0 Å². The minimum absolute atomic E-state index is 0. The summed E-state index contributed by atoms with van der Waals surface area (Å²) >= 11 is 0. The Kier molecular flexibility index (Phi) is 10.5. The Hall–Kier alpha value is -0.790. The number of hydrogen-bond acceptors (Lipinski definition) is 3. The quantitative estimate of drug-likeness (QED) is 0.423. The molecule has 0 unspecified atom stereocenters. The predicted molar refractivity (Wildman–Crippen MR) is 93.7 cm³/mol. The van der Waals surface area contributed by atoms with E-state index in [1.54, 1.807) is 0 Å². The van der Waals surface area contributed by atoms with Crippen molar-refractivity contribution in [3.05, 3.63) is 17.5 Å². The summed E-state index contributed by atoms with van der Waals surface area (Å²) in [7, 11) is 0. The van der Waals surface area contributed by atoms with Crippen molar-refractivity contribution in [2.24, 2.45) is 4.99 Å². The minimum atomic E-state index is 0. The van der Waals surface area contributed by atoms with Gasteiger partial charge in [-0.3, -0.25) is 0 Å². The Morgan fingerprint density at radius 3 is 2.30 bits per heavy atom. The second kappa shape index (κ2) is 10.9. The van der Waals surface area contributed by atoms with E-state index in [2.05, 4.69) is 34.6 Å². The summed E-state index contributed by atoms with van der Waals surface area (Å²) in [5.41, 5.74) is 1.05. The van der Waals surface area contributed by atoms with Crippen molar-refractivity contribution in [3.8, 4) is 0 Å². The van der Waals surface area contributed by atoms with Crippen molar-refractivity contribution >= 4 is 29.9 Å². The van der Waals surface area contributed by atoms with Gasteiger partial charge in [-0.15, -0.1) is 24.0 Å². The molecule has 0 fully saturated rings. The molecule has 6 heteroatoms. The molecule has 2 N–H and O–H groups in total. The fourth-order valence-corrected chi connectivity index (χ4v) is 1.97. The van der Waals surface area contributed by atoms with E-state index in [0.29, 0.717) is 12.5 Å². The number of nitrogens with one attached hydrogen (secondary N) is 2. The average molecular weight is 394 g/mol. The van der Waals surface area contributed by atoms with E-state index in [9.17, 15) is 0 Å². The van der Waals surface area contributed by atoms with Crippen LogP contribution in [0.4, 0.5) is 0 Å². The maximum Gasteiger partial charge on any atom is 0.191 e. The van der Waals surface area contributed by atoms with E-state index < -0.39 is 0 Å². The first-order valence-electron chi connectivity index (χ1n) is 7.22. The molecule has 0 amide bonds. The van der Waals surface area contributed by atoms with Gasteiger partial charge >= 0.3 is 0 Å². The summed E-state index contributed by atoms with van der Waals surface area (Å²) in [5, 5.41) is 10.5. The Bertz CT molecular complexity index is 380. The first kappa shape index (κ1) is 19.2. The van der Waals surface area contributed by atoms with Crippen LogP contribution in [0.1, 0.15) is 57.9 Å². The van der Waals surface area contributed by atoms with E-state index in [1.807, 2.05) is 19.9 Å². The van der Waals surface area contributed by atoms with Crippen molar-refractivity contribution in [2.45, 2.75) is 53.0 Å². The van der Waals surface area contributed by atoms with Crippen LogP contribution in [-0.2, 0) is 6.54 Å². The lowest BCUT2D eigenvalue weighted by molar-refractivity contribution is 0.372. The third kappa shape index (κ3) is 6.11. The van der Waals surface area contributed by atoms with Gasteiger partial charge in [0.1, 0.15) is 6.54 Å². The first-order valence-corrected chi connectivity index (χ1v) is 7.22. The number of aliphatic imine (C=N–C) groups is 1. The van der Waals surface area contributed by atoms with Gasteiger partial charge in [0.05, 0.1) is 5.69 Å². The summed E-state index contributed by atoms with van der Waals surface area (Å²) in [5.74, 6) is 2.11. The minimum Gasteiger partial charge on any atom is -0.359 e. The molecular weight excluding hydrogens is 367 g/mol. The molecule has 0 aliphatic heterocycles. The predicted octanol–water partition coefficient (Wildman–Crippen LogP) is 3.27. The smallest absolute Gasteiger partial charge is 0.191 e. The number of guanidine groups is 1. The van der Waals surface area contributed by atoms with Crippen LogP contribution in [0.25, 0.3) is 0 Å². The molecule has 1 aromatic rings. The molecule has 0 radical (unpaired) electrons. The van der Waals surface area contributed by atoms with Gasteiger partial charge < -0.3 is 15.2 Å². The highest BCUT2D eigenvalue weighted by Crippen LogP contribution is 2.22. The SMILES string of the molecule is CCNC(=NCc1cc(C(CC)CC)no1)NCC.I. The van der Waals surface area contributed by atoms with Crippen LogP contribution in [0.3, 0.4) is 0 Å². The molecule has 116 valence electrons. The van der Waals surface area contributed by atoms with Gasteiger partial charge in [0, 0.05) is 25.1 Å². The van der Waals surface area contributed by atoms with E-state index >= 15 is 0 Å². The summed E-state index contributed by atoms with van der Waals surface area (Å²) in [6.07, 6.45) is 2.18. The first-order chi connectivity index (χ1) is 9.24. The van der Waals surface area contributed by atoms with Crippen LogP contribution in [0.5, 0.6) is 0 Å². The number of hydrogen-bond donors (Lipinski definition) is 2. The molecule has 5 nitrogen and oxygen atoms in total. The highest BCUT2D eigenvalue weighted by molar-refractivity contribution is 14.0. The number of aromatic nitrogens is 1. The molecule has 0 saturated heterocycles. The Balaban J connectivity index is 0.00000361. The fraction of sp³-hybridized carbons (Fsp3) is 0.714. The Labute approximate surface area is 139 Å². The van der Waals surface area contributed by atoms with E-state index in [0.717, 1.165) is 43.3 Å². The molecule has 1 rings (SSSR count). The highest BCUT2D eigenvalue weighted by atomic mass is 127. The van der Waals surface area contributed by atoms with Gasteiger partial charge in [0.2, 0.25) is 0 Å². The third-order valence-electron chi connectivity index (χ3n) is 3.06. The number of rotatable bonds is 7. The Morgan fingerprint density at radius 1 is 1.20 bits per heavy atom. The maximum atomic E-state index is 5.34. The van der Waals surface area contributed by atoms with Gasteiger partial charge in [-0.1, -0.05) is 19.0 Å². The molecule has 1 heterocycles. The van der Waals surface area contributed by atoms with Crippen molar-refractivity contribution in [2.75, 3.05) is 13.1 Å². The van der Waals surface area contributed by atoms with Gasteiger partial charge in [-0.25, -0.2) is 4.99 Å². The summed E-state index contributed by atoms with van der Waals surface area (Å²) in [6.45, 7) is 10.7. The topological polar surface area (TPSA) is 62.5 Å². The molecular formula is C14H27IN4O. The van der Waals surface area contributed by atoms with Crippen molar-refractivity contribution in [1.29, 1.82) is 0 Å². The van der Waals surface area contributed by atoms with Crippen molar-refractivity contribution in [3.63, 3.8) is 0 Å². The number of nitrogens with zero attached hydrogens (tertiary/aromatic N) is 2. The van der Waals surface area contributed by atoms with E-state index in [4.69, 9.17) is 4.52 Å². The van der Waals surface area contributed by atoms with E-state index in [1.165, 1.54) is 0 Å². The molecule has 0 aromatic carbocycles. The zero-order chi connectivity index (χ0) is 14.1. The third-order valence-corrected chi connectivity index (χ3v) is 3.06. The summed E-state index contributed by atoms with van der Waals surface area (Å²) in [4.78, 5) is 4.46. The second-order valence-corrected chi connectivity index (χ2v) is 4.46. The lowest BCUT2D eigenvalue weighted by atomic mass is 9.99. The highest BCUT2D eigenvalue weighted by Gasteiger charge is 2.12. The van der Waals surface area contributed by atoms with Crippen molar-refractivity contribution < 1.29 is 4.52 Å². The van der Waals surface area contributed by atoms with Crippen molar-refractivity contribution in [1.82, 2.24) is 15.8 Å². The molecule has 1 aromatic heterocycles. The maximum absolute atomic E-state index is 5.34. The van der Waals surface area contributed by atoms with Crippen LogP contribution in [0.15, 0.2) is 15.6 Å². The normalized spacial score (nSPS) is 10.1. The molecule has 0 spiro atoms. The second-order valence-electron chi connectivity index (χ2n) is 4.46. The van der Waals surface area contributed by atoms with Gasteiger partial charge in [-0.05, 0) is 26.7 Å². The monoisotopic (exact) mass is 394 g/mol. The summed E-state index contributed by atoms with van der Waals surface area (Å²) < 4.78 is 5.34. The zero-order valence-corrected chi connectivity index (χ0v) is 15.2. The number of halogens is 1. The lowest BCUT2D eigenvalue weighted by Gasteiger charge is -2.08. The lowest BCUT2D eigenvalue weighted by Crippen LogP contribution is -2.36. The van der Waals surface area contributed by atoms with Crippen LogP contribution in [0, 0.1) is 0 Å². The molecule has 0 aliphatic carbocycles. The van der Waals surface area contributed by atoms with Crippen LogP contribution in [0.2, 0.25) is 0 Å². The molecule has 0 bridgehead atoms. The van der Waals surface area contributed by atoms with E-state index in [-0.39, 0.29) is 24.0 Å².